The Bertz CT molecular complexity index is 989. The van der Waals surface area contributed by atoms with Gasteiger partial charge in [0.25, 0.3) is 17.7 Å². The lowest BCUT2D eigenvalue weighted by molar-refractivity contribution is -0.144. The molecule has 140 valence electrons. The van der Waals surface area contributed by atoms with Gasteiger partial charge in [0.1, 0.15) is 5.75 Å². The number of carbonyl (C=O) groups is 1. The maximum Gasteiger partial charge on any atom is 0.316 e. The van der Waals surface area contributed by atoms with Gasteiger partial charge in [-0.1, -0.05) is 25.1 Å². The molecule has 0 N–H and O–H groups in total. The molecule has 8 heteroatoms. The van der Waals surface area contributed by atoms with E-state index < -0.39 is 34.0 Å². The molecule has 0 bridgehead atoms. The van der Waals surface area contributed by atoms with Crippen LogP contribution < -0.4 is 4.74 Å². The zero-order valence-electron chi connectivity index (χ0n) is 14.7. The minimum Gasteiger partial charge on any atom is -0.426 e. The number of benzene rings is 2. The minimum atomic E-state index is -4.64. The molecule has 2 rings (SSSR count). The Hall–Kier alpha value is -2.19. The average Bonchev–Trinajstić information content (AvgIpc) is 2.62. The standard InChI is InChI=1S/C18H20O6S2/c1-4-18(2,3)17(19)24-14-10-12-16(13-11-14)26(22,23)25(20,21)15-8-6-5-7-9-15/h5-13H,4H2,1-3H3. The Morgan fingerprint density at radius 2 is 1.31 bits per heavy atom. The molecule has 26 heavy (non-hydrogen) atoms. The second kappa shape index (κ2) is 7.20. The first-order chi connectivity index (χ1) is 12.0. The molecule has 0 amide bonds. The van der Waals surface area contributed by atoms with E-state index in [9.17, 15) is 21.6 Å². The molecule has 0 unspecified atom stereocenters. The summed E-state index contributed by atoms with van der Waals surface area (Å²) in [6.45, 7) is 5.33. The van der Waals surface area contributed by atoms with Crippen molar-refractivity contribution in [1.82, 2.24) is 0 Å². The van der Waals surface area contributed by atoms with Crippen LogP contribution in [0, 0.1) is 5.41 Å². The van der Waals surface area contributed by atoms with E-state index in [1.54, 1.807) is 19.9 Å². The SMILES string of the molecule is CCC(C)(C)C(=O)Oc1ccc(S(=O)(=O)S(=O)(=O)c2ccccc2)cc1. The molecule has 0 saturated carbocycles. The van der Waals surface area contributed by atoms with Gasteiger partial charge in [-0.3, -0.25) is 4.79 Å². The Morgan fingerprint density at radius 3 is 1.77 bits per heavy atom. The molecule has 0 aliphatic rings. The van der Waals surface area contributed by atoms with Gasteiger partial charge in [-0.05, 0) is 56.7 Å². The van der Waals surface area contributed by atoms with Crippen molar-refractivity contribution in [3.8, 4) is 5.75 Å². The Morgan fingerprint density at radius 1 is 0.846 bits per heavy atom. The van der Waals surface area contributed by atoms with Crippen LogP contribution in [0.2, 0.25) is 0 Å². The van der Waals surface area contributed by atoms with E-state index in [2.05, 4.69) is 0 Å². The van der Waals surface area contributed by atoms with E-state index in [1.165, 1.54) is 36.4 Å². The maximum atomic E-state index is 12.5. The van der Waals surface area contributed by atoms with Crippen molar-refractivity contribution >= 4 is 23.7 Å². The lowest BCUT2D eigenvalue weighted by Crippen LogP contribution is -2.28. The molecule has 0 atom stereocenters. The molecule has 0 fully saturated rings. The second-order valence-electron chi connectivity index (χ2n) is 6.32. The van der Waals surface area contributed by atoms with Crippen molar-refractivity contribution in [2.75, 3.05) is 0 Å². The molecule has 0 aliphatic heterocycles. The molecular formula is C18H20O6S2. The topological polar surface area (TPSA) is 94.6 Å². The zero-order chi connectivity index (χ0) is 19.6. The fourth-order valence-corrected chi connectivity index (χ4v) is 5.56. The first-order valence-electron chi connectivity index (χ1n) is 7.90. The van der Waals surface area contributed by atoms with Crippen LogP contribution in [0.4, 0.5) is 0 Å². The summed E-state index contributed by atoms with van der Waals surface area (Å²) in [7, 11) is -9.23. The van der Waals surface area contributed by atoms with Gasteiger partial charge in [0.2, 0.25) is 0 Å². The smallest absolute Gasteiger partial charge is 0.316 e. The number of ether oxygens (including phenoxy) is 1. The predicted octanol–water partition coefficient (Wildman–Crippen LogP) is 3.19. The van der Waals surface area contributed by atoms with Crippen molar-refractivity contribution in [3.05, 3.63) is 54.6 Å². The summed E-state index contributed by atoms with van der Waals surface area (Å²) in [6, 6.07) is 11.7. The molecule has 2 aromatic rings. The van der Waals surface area contributed by atoms with Gasteiger partial charge in [-0.2, -0.15) is 0 Å². The average molecular weight is 396 g/mol. The summed E-state index contributed by atoms with van der Waals surface area (Å²) < 4.78 is 55.0. The number of hydrogen-bond acceptors (Lipinski definition) is 6. The van der Waals surface area contributed by atoms with Gasteiger partial charge in [0, 0.05) is 0 Å². The van der Waals surface area contributed by atoms with Crippen LogP contribution in [0.3, 0.4) is 0 Å². The number of rotatable bonds is 6. The van der Waals surface area contributed by atoms with E-state index in [4.69, 9.17) is 4.74 Å². The summed E-state index contributed by atoms with van der Waals surface area (Å²) in [6.07, 6.45) is 0.577. The van der Waals surface area contributed by atoms with Crippen LogP contribution in [-0.2, 0) is 22.5 Å². The van der Waals surface area contributed by atoms with Crippen LogP contribution in [0.1, 0.15) is 27.2 Å². The van der Waals surface area contributed by atoms with Crippen molar-refractivity contribution in [1.29, 1.82) is 0 Å². The minimum absolute atomic E-state index is 0.146. The third-order valence-corrected chi connectivity index (χ3v) is 9.24. The molecule has 0 spiro atoms. The van der Waals surface area contributed by atoms with E-state index >= 15 is 0 Å². The molecule has 0 aromatic heterocycles. The van der Waals surface area contributed by atoms with Gasteiger partial charge in [0.05, 0.1) is 15.2 Å². The highest BCUT2D eigenvalue weighted by atomic mass is 33.2. The van der Waals surface area contributed by atoms with Crippen LogP contribution in [0.5, 0.6) is 5.75 Å². The molecule has 0 radical (unpaired) electrons. The van der Waals surface area contributed by atoms with Crippen LogP contribution in [-0.4, -0.2) is 22.8 Å². The van der Waals surface area contributed by atoms with Crippen LogP contribution >= 0.6 is 0 Å². The highest BCUT2D eigenvalue weighted by molar-refractivity contribution is 8.67. The lowest BCUT2D eigenvalue weighted by Gasteiger charge is -2.20. The van der Waals surface area contributed by atoms with Gasteiger partial charge in [-0.15, -0.1) is 0 Å². The summed E-state index contributed by atoms with van der Waals surface area (Å²) in [5.74, 6) is -0.305. The predicted molar refractivity (Wildman–Crippen MR) is 97.0 cm³/mol. The molecule has 0 aliphatic carbocycles. The van der Waals surface area contributed by atoms with E-state index in [0.29, 0.717) is 6.42 Å². The van der Waals surface area contributed by atoms with E-state index in [0.717, 1.165) is 12.1 Å². The van der Waals surface area contributed by atoms with Gasteiger partial charge in [0.15, 0.2) is 0 Å². The zero-order valence-corrected chi connectivity index (χ0v) is 16.3. The molecular weight excluding hydrogens is 376 g/mol. The fraction of sp³-hybridized carbons (Fsp3) is 0.278. The van der Waals surface area contributed by atoms with Gasteiger partial charge >= 0.3 is 5.97 Å². The third-order valence-electron chi connectivity index (χ3n) is 4.08. The Kier molecular flexibility index (Phi) is 5.58. The Balaban J connectivity index is 2.32. The molecule has 0 saturated heterocycles. The van der Waals surface area contributed by atoms with Crippen molar-refractivity contribution < 1.29 is 26.4 Å². The van der Waals surface area contributed by atoms with Crippen LogP contribution in [0.15, 0.2) is 64.4 Å². The Labute approximate surface area is 153 Å². The summed E-state index contributed by atoms with van der Waals surface area (Å²) >= 11 is 0. The second-order valence-corrected chi connectivity index (χ2v) is 11.7. The molecule has 0 heterocycles. The van der Waals surface area contributed by atoms with Crippen molar-refractivity contribution in [2.24, 2.45) is 5.41 Å². The highest BCUT2D eigenvalue weighted by Gasteiger charge is 2.34. The van der Waals surface area contributed by atoms with Gasteiger partial charge < -0.3 is 4.74 Å². The highest BCUT2D eigenvalue weighted by Crippen LogP contribution is 2.27. The van der Waals surface area contributed by atoms with E-state index in [-0.39, 0.29) is 10.6 Å². The third kappa shape index (κ3) is 3.81. The van der Waals surface area contributed by atoms with Crippen molar-refractivity contribution in [3.63, 3.8) is 0 Å². The van der Waals surface area contributed by atoms with Crippen molar-refractivity contribution in [2.45, 2.75) is 37.0 Å². The largest absolute Gasteiger partial charge is 0.426 e. The first kappa shape index (κ1) is 20.1. The first-order valence-corrected chi connectivity index (χ1v) is 11.4. The number of esters is 1. The quantitative estimate of drug-likeness (QED) is 0.423. The number of hydrogen-bond donors (Lipinski definition) is 0. The van der Waals surface area contributed by atoms with E-state index in [1.807, 2.05) is 6.92 Å². The van der Waals surface area contributed by atoms with Crippen LogP contribution in [0.25, 0.3) is 0 Å². The maximum absolute atomic E-state index is 12.5. The number of carbonyl (C=O) groups excluding carboxylic acids is 1. The fourth-order valence-electron chi connectivity index (χ4n) is 1.90. The summed E-state index contributed by atoms with van der Waals surface area (Å²) in [4.78, 5) is 11.4. The monoisotopic (exact) mass is 396 g/mol. The normalized spacial score (nSPS) is 12.6. The summed E-state index contributed by atoms with van der Waals surface area (Å²) in [5.41, 5.74) is -0.679. The summed E-state index contributed by atoms with van der Waals surface area (Å²) in [5, 5.41) is 0. The molecule has 2 aromatic carbocycles. The van der Waals surface area contributed by atoms with Gasteiger partial charge in [-0.25, -0.2) is 16.8 Å². The molecule has 6 nitrogen and oxygen atoms in total. The lowest BCUT2D eigenvalue weighted by atomic mass is 9.91.